The zero-order chi connectivity index (χ0) is 22.9. The van der Waals surface area contributed by atoms with Gasteiger partial charge >= 0.3 is 5.69 Å². The van der Waals surface area contributed by atoms with E-state index in [-0.39, 0.29) is 18.1 Å². The van der Waals surface area contributed by atoms with Crippen LogP contribution >= 0.6 is 0 Å². The van der Waals surface area contributed by atoms with E-state index in [0.717, 1.165) is 35.4 Å². The Labute approximate surface area is 186 Å². The molecule has 9 nitrogen and oxygen atoms in total. The highest BCUT2D eigenvalue weighted by atomic mass is 16.3. The van der Waals surface area contributed by atoms with Gasteiger partial charge in [0, 0.05) is 53.0 Å². The molecule has 3 heterocycles. The molecule has 1 amide bonds. The predicted octanol–water partition coefficient (Wildman–Crippen LogP) is 1.09. The van der Waals surface area contributed by atoms with Crippen molar-refractivity contribution in [2.24, 2.45) is 14.1 Å². The van der Waals surface area contributed by atoms with Crippen molar-refractivity contribution in [2.75, 3.05) is 31.6 Å². The molecule has 1 atom stereocenters. The van der Waals surface area contributed by atoms with Crippen molar-refractivity contribution in [3.63, 3.8) is 0 Å². The van der Waals surface area contributed by atoms with Gasteiger partial charge in [-0.1, -0.05) is 6.07 Å². The van der Waals surface area contributed by atoms with E-state index < -0.39 is 5.60 Å². The zero-order valence-corrected chi connectivity index (χ0v) is 18.9. The van der Waals surface area contributed by atoms with Crippen LogP contribution in [-0.2, 0) is 25.3 Å². The van der Waals surface area contributed by atoms with Crippen molar-refractivity contribution < 1.29 is 9.90 Å². The number of aromatic nitrogens is 4. The number of hydrogen-bond donors (Lipinski definition) is 1. The third-order valence-corrected chi connectivity index (χ3v) is 6.35. The molecule has 1 unspecified atom stereocenters. The SMILES string of the molecule is CN(CC1(O)CCCN(c2cnccn2)C1)C(=O)CCc1ccc2c(c1)n(C)c(=O)n2C. The number of anilines is 1. The van der Waals surface area contributed by atoms with Crippen molar-refractivity contribution in [1.82, 2.24) is 24.0 Å². The maximum Gasteiger partial charge on any atom is 0.328 e. The Balaban J connectivity index is 1.37. The molecule has 1 aliphatic heterocycles. The number of aryl methyl sites for hydroxylation is 3. The van der Waals surface area contributed by atoms with Crippen molar-refractivity contribution in [2.45, 2.75) is 31.3 Å². The van der Waals surface area contributed by atoms with E-state index in [1.807, 2.05) is 23.1 Å². The number of carbonyl (C=O) groups is 1. The van der Waals surface area contributed by atoms with Crippen molar-refractivity contribution in [1.29, 1.82) is 0 Å². The lowest BCUT2D eigenvalue weighted by Gasteiger charge is -2.41. The van der Waals surface area contributed by atoms with Gasteiger partial charge in [-0.25, -0.2) is 9.78 Å². The van der Waals surface area contributed by atoms with Gasteiger partial charge in [0.2, 0.25) is 5.91 Å². The van der Waals surface area contributed by atoms with Crippen LogP contribution in [0.25, 0.3) is 11.0 Å². The lowest BCUT2D eigenvalue weighted by atomic mass is 9.92. The van der Waals surface area contributed by atoms with E-state index in [9.17, 15) is 14.7 Å². The molecule has 9 heteroatoms. The first kappa shape index (κ1) is 22.0. The normalized spacial score (nSPS) is 18.8. The monoisotopic (exact) mass is 438 g/mol. The van der Waals surface area contributed by atoms with Crippen LogP contribution in [0.1, 0.15) is 24.8 Å². The molecule has 1 N–H and O–H groups in total. The summed E-state index contributed by atoms with van der Waals surface area (Å²) < 4.78 is 3.24. The Bertz CT molecular complexity index is 1170. The summed E-state index contributed by atoms with van der Waals surface area (Å²) in [6, 6.07) is 5.85. The highest BCUT2D eigenvalue weighted by Crippen LogP contribution is 2.25. The number of nitrogens with zero attached hydrogens (tertiary/aromatic N) is 6. The van der Waals surface area contributed by atoms with Gasteiger partial charge in [0.05, 0.1) is 29.4 Å². The Kier molecular flexibility index (Phi) is 6.01. The Hall–Kier alpha value is -3.20. The highest BCUT2D eigenvalue weighted by molar-refractivity contribution is 5.78. The van der Waals surface area contributed by atoms with Crippen LogP contribution in [0, 0.1) is 0 Å². The van der Waals surface area contributed by atoms with Gasteiger partial charge in [0.1, 0.15) is 5.82 Å². The number of aliphatic hydroxyl groups is 1. The van der Waals surface area contributed by atoms with Crippen LogP contribution in [-0.4, -0.2) is 67.3 Å². The standard InChI is InChI=1S/C23H30N6O3/c1-26(15-23(32)9-4-12-29(16-23)20-14-24-10-11-25-20)21(30)8-6-17-5-7-18-19(13-17)28(3)22(31)27(18)2/h5,7,10-11,13-14,32H,4,6,8-9,12,15-16H2,1-3H3. The number of fused-ring (bicyclic) bond motifs is 1. The second-order valence-corrected chi connectivity index (χ2v) is 8.79. The average Bonchev–Trinajstić information content (AvgIpc) is 3.01. The van der Waals surface area contributed by atoms with Gasteiger partial charge in [-0.15, -0.1) is 0 Å². The topological polar surface area (TPSA) is 96.5 Å². The molecule has 1 aromatic carbocycles. The molecule has 1 fully saturated rings. The molecule has 0 aliphatic carbocycles. The molecule has 4 rings (SSSR count). The minimum Gasteiger partial charge on any atom is -0.386 e. The second kappa shape index (κ2) is 8.74. The largest absolute Gasteiger partial charge is 0.386 e. The molecule has 0 spiro atoms. The fourth-order valence-electron chi connectivity index (χ4n) is 4.57. The fourth-order valence-corrected chi connectivity index (χ4v) is 4.57. The quantitative estimate of drug-likeness (QED) is 0.619. The summed E-state index contributed by atoms with van der Waals surface area (Å²) in [4.78, 5) is 37.0. The number of piperidine rings is 1. The van der Waals surface area contributed by atoms with Gasteiger partial charge in [-0.05, 0) is 37.0 Å². The van der Waals surface area contributed by atoms with Gasteiger partial charge in [0.15, 0.2) is 0 Å². The number of hydrogen-bond acceptors (Lipinski definition) is 6. The number of likely N-dealkylation sites (N-methyl/N-ethyl adjacent to an activating group) is 1. The molecular weight excluding hydrogens is 408 g/mol. The maximum absolute atomic E-state index is 12.8. The summed E-state index contributed by atoms with van der Waals surface area (Å²) in [7, 11) is 5.25. The summed E-state index contributed by atoms with van der Waals surface area (Å²) in [6.45, 7) is 1.50. The van der Waals surface area contributed by atoms with E-state index >= 15 is 0 Å². The molecule has 0 radical (unpaired) electrons. The van der Waals surface area contributed by atoms with Gasteiger partial charge < -0.3 is 14.9 Å². The van der Waals surface area contributed by atoms with Crippen molar-refractivity contribution in [3.8, 4) is 0 Å². The van der Waals surface area contributed by atoms with Crippen molar-refractivity contribution >= 4 is 22.8 Å². The summed E-state index contributed by atoms with van der Waals surface area (Å²) in [5.74, 6) is 0.724. The lowest BCUT2D eigenvalue weighted by Crippen LogP contribution is -2.54. The number of rotatable bonds is 6. The smallest absolute Gasteiger partial charge is 0.328 e. The highest BCUT2D eigenvalue weighted by Gasteiger charge is 2.35. The summed E-state index contributed by atoms with van der Waals surface area (Å²) >= 11 is 0. The number of benzene rings is 1. The number of imidazole rings is 1. The van der Waals surface area contributed by atoms with Crippen LogP contribution in [0.15, 0.2) is 41.6 Å². The molecular formula is C23H30N6O3. The Morgan fingerprint density at radius 2 is 2.00 bits per heavy atom. The van der Waals surface area contributed by atoms with Crippen LogP contribution in [0.2, 0.25) is 0 Å². The van der Waals surface area contributed by atoms with Gasteiger partial charge in [0.25, 0.3) is 0 Å². The first-order valence-electron chi connectivity index (χ1n) is 10.9. The van der Waals surface area contributed by atoms with E-state index in [4.69, 9.17) is 0 Å². The molecule has 1 aliphatic rings. The first-order chi connectivity index (χ1) is 15.3. The minimum atomic E-state index is -0.985. The van der Waals surface area contributed by atoms with Crippen molar-refractivity contribution in [3.05, 3.63) is 52.8 Å². The van der Waals surface area contributed by atoms with E-state index in [1.54, 1.807) is 53.8 Å². The predicted molar refractivity (Wildman–Crippen MR) is 123 cm³/mol. The summed E-state index contributed by atoms with van der Waals surface area (Å²) in [5, 5.41) is 11.2. The van der Waals surface area contributed by atoms with Gasteiger partial charge in [-0.3, -0.25) is 18.9 Å². The molecule has 170 valence electrons. The van der Waals surface area contributed by atoms with E-state index in [1.165, 1.54) is 0 Å². The van der Waals surface area contributed by atoms with Crippen LogP contribution in [0.4, 0.5) is 5.82 Å². The second-order valence-electron chi connectivity index (χ2n) is 8.79. The van der Waals surface area contributed by atoms with Crippen LogP contribution < -0.4 is 10.6 Å². The van der Waals surface area contributed by atoms with Crippen LogP contribution in [0.3, 0.4) is 0 Å². The molecule has 0 saturated carbocycles. The lowest BCUT2D eigenvalue weighted by molar-refractivity contribution is -0.133. The zero-order valence-electron chi connectivity index (χ0n) is 18.9. The number of amides is 1. The Morgan fingerprint density at radius 1 is 1.22 bits per heavy atom. The first-order valence-corrected chi connectivity index (χ1v) is 10.9. The molecule has 32 heavy (non-hydrogen) atoms. The van der Waals surface area contributed by atoms with E-state index in [0.29, 0.717) is 25.8 Å². The third kappa shape index (κ3) is 4.38. The Morgan fingerprint density at radius 3 is 2.75 bits per heavy atom. The average molecular weight is 439 g/mol. The molecule has 0 bridgehead atoms. The third-order valence-electron chi connectivity index (χ3n) is 6.35. The number of β-amino-alcohol motifs (C(OH)–C–C–N with tert-alkyl or cyclic N) is 1. The van der Waals surface area contributed by atoms with Gasteiger partial charge in [-0.2, -0.15) is 0 Å². The fraction of sp³-hybridized carbons (Fsp3) is 0.478. The van der Waals surface area contributed by atoms with Crippen LogP contribution in [0.5, 0.6) is 0 Å². The summed E-state index contributed by atoms with van der Waals surface area (Å²) in [5.41, 5.74) is 1.68. The number of carbonyl (C=O) groups excluding carboxylic acids is 1. The minimum absolute atomic E-state index is 0.0166. The molecule has 1 saturated heterocycles. The summed E-state index contributed by atoms with van der Waals surface area (Å²) in [6.07, 6.45) is 7.34. The maximum atomic E-state index is 12.8. The molecule has 2 aromatic heterocycles. The molecule has 3 aromatic rings. The van der Waals surface area contributed by atoms with E-state index in [2.05, 4.69) is 9.97 Å².